The summed E-state index contributed by atoms with van der Waals surface area (Å²) in [5.41, 5.74) is 0.410. The highest BCUT2D eigenvalue weighted by molar-refractivity contribution is 9.10. The number of ether oxygens (including phenoxy) is 1. The van der Waals surface area contributed by atoms with Crippen LogP contribution in [0.15, 0.2) is 69.1 Å². The predicted molar refractivity (Wildman–Crippen MR) is 114 cm³/mol. The molecule has 3 aromatic rings. The first kappa shape index (κ1) is 20.8. The van der Waals surface area contributed by atoms with Gasteiger partial charge in [0, 0.05) is 16.2 Å². The predicted octanol–water partition coefficient (Wildman–Crippen LogP) is 5.17. The van der Waals surface area contributed by atoms with Gasteiger partial charge in [0.25, 0.3) is 11.6 Å². The van der Waals surface area contributed by atoms with Crippen LogP contribution in [0.25, 0.3) is 17.4 Å². The highest BCUT2D eigenvalue weighted by Crippen LogP contribution is 2.34. The number of nitriles is 1. The third kappa shape index (κ3) is 4.74. The fraction of sp³-hybridized carbons (Fsp3) is 0.0476. The molecule has 0 aliphatic carbocycles. The van der Waals surface area contributed by atoms with Gasteiger partial charge in [-0.2, -0.15) is 5.26 Å². The average Bonchev–Trinajstić information content (AvgIpc) is 3.21. The van der Waals surface area contributed by atoms with Crippen LogP contribution < -0.4 is 10.1 Å². The minimum Gasteiger partial charge on any atom is -0.497 e. The monoisotopic (exact) mass is 467 g/mol. The number of nitrogens with one attached hydrogen (secondary N) is 1. The van der Waals surface area contributed by atoms with Crippen molar-refractivity contribution in [1.82, 2.24) is 0 Å². The first-order valence-electron chi connectivity index (χ1n) is 8.52. The molecule has 0 unspecified atom stereocenters. The number of nitro groups is 1. The SMILES string of the molecule is COc1ccc(-c2ccc(/C=C(\C#N)C(=O)Nc3ccc(Br)cc3)o2)c([N+](=O)[O-])c1. The van der Waals surface area contributed by atoms with Gasteiger partial charge in [0.1, 0.15) is 28.9 Å². The van der Waals surface area contributed by atoms with Crippen molar-refractivity contribution in [2.45, 2.75) is 0 Å². The summed E-state index contributed by atoms with van der Waals surface area (Å²) in [6, 6.07) is 16.1. The van der Waals surface area contributed by atoms with Crippen LogP contribution in [0.1, 0.15) is 5.76 Å². The minimum absolute atomic E-state index is 0.178. The molecule has 0 bridgehead atoms. The topological polar surface area (TPSA) is 118 Å². The van der Waals surface area contributed by atoms with E-state index in [4.69, 9.17) is 9.15 Å². The van der Waals surface area contributed by atoms with E-state index in [0.29, 0.717) is 11.4 Å². The second-order valence-corrected chi connectivity index (χ2v) is 6.89. The van der Waals surface area contributed by atoms with Gasteiger partial charge in [0.2, 0.25) is 0 Å². The van der Waals surface area contributed by atoms with Crippen molar-refractivity contribution in [1.29, 1.82) is 5.26 Å². The van der Waals surface area contributed by atoms with Crippen LogP contribution in [0.4, 0.5) is 11.4 Å². The normalized spacial score (nSPS) is 10.9. The molecule has 1 heterocycles. The second-order valence-electron chi connectivity index (χ2n) is 5.97. The number of amides is 1. The number of methoxy groups -OCH3 is 1. The number of hydrogen-bond donors (Lipinski definition) is 1. The zero-order valence-electron chi connectivity index (χ0n) is 15.6. The number of carbonyl (C=O) groups is 1. The lowest BCUT2D eigenvalue weighted by molar-refractivity contribution is -0.384. The molecule has 0 fully saturated rings. The second kappa shape index (κ2) is 9.07. The van der Waals surface area contributed by atoms with Crippen molar-refractivity contribution in [3.05, 3.63) is 80.5 Å². The number of furan rings is 1. The fourth-order valence-corrected chi connectivity index (χ4v) is 2.86. The molecule has 0 saturated carbocycles. The van der Waals surface area contributed by atoms with Crippen molar-refractivity contribution in [3.8, 4) is 23.1 Å². The van der Waals surface area contributed by atoms with Crippen molar-refractivity contribution < 1.29 is 18.9 Å². The summed E-state index contributed by atoms with van der Waals surface area (Å²) in [4.78, 5) is 23.2. The highest BCUT2D eigenvalue weighted by Gasteiger charge is 2.19. The molecule has 3 rings (SSSR count). The number of rotatable bonds is 6. The third-order valence-electron chi connectivity index (χ3n) is 4.05. The Bertz CT molecular complexity index is 1180. The number of carbonyl (C=O) groups excluding carboxylic acids is 1. The summed E-state index contributed by atoms with van der Waals surface area (Å²) in [6.07, 6.45) is 1.27. The molecular weight excluding hydrogens is 454 g/mol. The smallest absolute Gasteiger partial charge is 0.284 e. The molecule has 1 aromatic heterocycles. The molecule has 0 atom stereocenters. The molecule has 0 aliphatic rings. The lowest BCUT2D eigenvalue weighted by Crippen LogP contribution is -2.13. The highest BCUT2D eigenvalue weighted by atomic mass is 79.9. The van der Waals surface area contributed by atoms with Crippen molar-refractivity contribution in [3.63, 3.8) is 0 Å². The van der Waals surface area contributed by atoms with Crippen LogP contribution in [-0.2, 0) is 4.79 Å². The zero-order valence-corrected chi connectivity index (χ0v) is 17.2. The molecule has 2 aromatic carbocycles. The lowest BCUT2D eigenvalue weighted by atomic mass is 10.1. The standard InChI is InChI=1S/C21H14BrN3O5/c1-29-16-6-8-18(19(11-16)25(27)28)20-9-7-17(30-20)10-13(12-23)21(26)24-15-4-2-14(22)3-5-15/h2-11H,1H3,(H,24,26)/b13-10+. The van der Waals surface area contributed by atoms with Gasteiger partial charge in [0.05, 0.1) is 23.7 Å². The van der Waals surface area contributed by atoms with E-state index in [0.717, 1.165) is 4.47 Å². The van der Waals surface area contributed by atoms with Gasteiger partial charge in [-0.15, -0.1) is 0 Å². The molecule has 1 amide bonds. The number of halogens is 1. The van der Waals surface area contributed by atoms with E-state index < -0.39 is 10.8 Å². The molecule has 9 heteroatoms. The first-order chi connectivity index (χ1) is 14.4. The van der Waals surface area contributed by atoms with Crippen LogP contribution in [-0.4, -0.2) is 17.9 Å². The zero-order chi connectivity index (χ0) is 21.7. The minimum atomic E-state index is -0.604. The molecular formula is C21H14BrN3O5. The van der Waals surface area contributed by atoms with E-state index >= 15 is 0 Å². The van der Waals surface area contributed by atoms with Gasteiger partial charge in [0.15, 0.2) is 0 Å². The number of nitro benzene ring substituents is 1. The Hall–Kier alpha value is -3.90. The molecule has 0 aliphatic heterocycles. The fourth-order valence-electron chi connectivity index (χ4n) is 2.60. The van der Waals surface area contributed by atoms with Crippen molar-refractivity contribution in [2.75, 3.05) is 12.4 Å². The van der Waals surface area contributed by atoms with Crippen molar-refractivity contribution in [2.24, 2.45) is 0 Å². The van der Waals surface area contributed by atoms with Gasteiger partial charge in [-0.25, -0.2) is 0 Å². The molecule has 1 N–H and O–H groups in total. The van der Waals surface area contributed by atoms with Gasteiger partial charge < -0.3 is 14.5 Å². The molecule has 30 heavy (non-hydrogen) atoms. The first-order valence-corrected chi connectivity index (χ1v) is 9.32. The van der Waals surface area contributed by atoms with E-state index in [1.165, 1.54) is 37.5 Å². The van der Waals surface area contributed by atoms with Gasteiger partial charge in [-0.1, -0.05) is 15.9 Å². The Morgan fingerprint density at radius 3 is 2.60 bits per heavy atom. The van der Waals surface area contributed by atoms with Gasteiger partial charge in [-0.3, -0.25) is 14.9 Å². The number of nitrogens with zero attached hydrogens (tertiary/aromatic N) is 2. The van der Waals surface area contributed by atoms with E-state index in [1.54, 1.807) is 30.3 Å². The maximum atomic E-state index is 12.4. The summed E-state index contributed by atoms with van der Waals surface area (Å²) in [5, 5.41) is 23.3. The quantitative estimate of drug-likeness (QED) is 0.231. The Labute approximate surface area is 179 Å². The molecule has 150 valence electrons. The van der Waals surface area contributed by atoms with E-state index in [1.807, 2.05) is 6.07 Å². The Morgan fingerprint density at radius 2 is 1.97 bits per heavy atom. The number of anilines is 1. The van der Waals surface area contributed by atoms with Crippen LogP contribution in [0.5, 0.6) is 5.75 Å². The number of benzene rings is 2. The van der Waals surface area contributed by atoms with Gasteiger partial charge in [-0.05, 0) is 48.5 Å². The summed E-state index contributed by atoms with van der Waals surface area (Å²) in [7, 11) is 1.41. The maximum absolute atomic E-state index is 12.4. The van der Waals surface area contributed by atoms with Crippen LogP contribution in [0.2, 0.25) is 0 Å². The largest absolute Gasteiger partial charge is 0.497 e. The van der Waals surface area contributed by atoms with E-state index in [2.05, 4.69) is 21.2 Å². The third-order valence-corrected chi connectivity index (χ3v) is 4.58. The lowest BCUT2D eigenvalue weighted by Gasteiger charge is -2.04. The van der Waals surface area contributed by atoms with Crippen LogP contribution in [0.3, 0.4) is 0 Å². The average molecular weight is 468 g/mol. The van der Waals surface area contributed by atoms with Crippen LogP contribution >= 0.6 is 15.9 Å². The molecule has 0 radical (unpaired) electrons. The summed E-state index contributed by atoms with van der Waals surface area (Å²) >= 11 is 3.30. The molecule has 0 saturated heterocycles. The van der Waals surface area contributed by atoms with E-state index in [-0.39, 0.29) is 28.3 Å². The maximum Gasteiger partial charge on any atom is 0.284 e. The molecule has 8 nitrogen and oxygen atoms in total. The van der Waals surface area contributed by atoms with E-state index in [9.17, 15) is 20.2 Å². The Morgan fingerprint density at radius 1 is 1.23 bits per heavy atom. The Kier molecular flexibility index (Phi) is 6.29. The summed E-state index contributed by atoms with van der Waals surface area (Å²) in [6.45, 7) is 0. The molecule has 0 spiro atoms. The van der Waals surface area contributed by atoms with Gasteiger partial charge >= 0.3 is 0 Å². The van der Waals surface area contributed by atoms with Crippen LogP contribution in [0, 0.1) is 21.4 Å². The number of hydrogen-bond acceptors (Lipinski definition) is 6. The summed E-state index contributed by atoms with van der Waals surface area (Å²) < 4.78 is 11.5. The van der Waals surface area contributed by atoms with Crippen molar-refractivity contribution >= 4 is 39.3 Å². The Balaban J connectivity index is 1.87. The summed E-state index contributed by atoms with van der Waals surface area (Å²) in [5.74, 6) is 0.167.